The molecule has 0 aromatic heterocycles. The Balaban J connectivity index is 4.47. The summed E-state index contributed by atoms with van der Waals surface area (Å²) in [6, 6.07) is -2.01. The van der Waals surface area contributed by atoms with Gasteiger partial charge in [0.05, 0.1) is 6.21 Å². The van der Waals surface area contributed by atoms with Crippen molar-refractivity contribution in [2.45, 2.75) is 0 Å². The molecule has 10 heteroatoms. The van der Waals surface area contributed by atoms with Gasteiger partial charge in [0.15, 0.2) is 5.71 Å². The second-order valence-corrected chi connectivity index (χ2v) is 2.01. The molecule has 10 nitrogen and oxygen atoms in total. The van der Waals surface area contributed by atoms with Crippen LogP contribution in [0.1, 0.15) is 0 Å². The topological polar surface area (TPSA) is 172 Å². The Morgan fingerprint density at radius 2 is 1.67 bits per heavy atom. The van der Waals surface area contributed by atoms with Crippen molar-refractivity contribution in [1.29, 1.82) is 0 Å². The molecule has 0 aromatic carbocycles. The zero-order chi connectivity index (χ0) is 11.8. The fraction of sp³-hybridized carbons (Fsp3) is 0. The van der Waals surface area contributed by atoms with Crippen LogP contribution in [0.3, 0.4) is 0 Å². The van der Waals surface area contributed by atoms with E-state index >= 15 is 0 Å². The quantitative estimate of drug-likeness (QED) is 0.264. The maximum absolute atomic E-state index is 10.4. The fourth-order valence-corrected chi connectivity index (χ4v) is 0.404. The van der Waals surface area contributed by atoms with E-state index in [1.165, 1.54) is 0 Å². The van der Waals surface area contributed by atoms with E-state index in [0.717, 1.165) is 0 Å². The van der Waals surface area contributed by atoms with Crippen LogP contribution in [0.25, 0.3) is 0 Å². The number of nitrogens with zero attached hydrogens (tertiary/aromatic N) is 2. The molecule has 0 aliphatic heterocycles. The molecule has 15 heavy (non-hydrogen) atoms. The van der Waals surface area contributed by atoms with Gasteiger partial charge in [-0.15, -0.1) is 0 Å². The number of carbonyl (C=O) groups excluding carboxylic acids is 2. The Kier molecular flexibility index (Phi) is 4.86. The zero-order valence-electron chi connectivity index (χ0n) is 7.30. The number of hydrogen-bond acceptors (Lipinski definition) is 5. The number of hydrazone groups is 2. The summed E-state index contributed by atoms with van der Waals surface area (Å²) < 4.78 is 0. The lowest BCUT2D eigenvalue weighted by molar-refractivity contribution is -0.129. The van der Waals surface area contributed by atoms with Crippen LogP contribution in [0.4, 0.5) is 9.59 Å². The second kappa shape index (κ2) is 5.90. The SMILES string of the molecule is NC(=O)NN=CC(=NNC(N)=O)C(=O)O. The molecule has 0 aromatic rings. The van der Waals surface area contributed by atoms with E-state index in [9.17, 15) is 14.4 Å². The third-order valence-electron chi connectivity index (χ3n) is 0.867. The number of urea groups is 2. The van der Waals surface area contributed by atoms with Crippen molar-refractivity contribution < 1.29 is 19.5 Å². The Labute approximate surface area is 83.0 Å². The Bertz CT molecular complexity index is 334. The standard InChI is InChI=1S/C5H8N6O4/c6-4(14)10-8-1-2(3(12)13)9-11-5(7)15/h1H,(H,12,13)(H3,6,10,14)(H3,7,11,15). The monoisotopic (exact) mass is 216 g/mol. The smallest absolute Gasteiger partial charge is 0.358 e. The summed E-state index contributed by atoms with van der Waals surface area (Å²) in [6.45, 7) is 0. The van der Waals surface area contributed by atoms with E-state index in [0.29, 0.717) is 6.21 Å². The number of carboxylic acids is 1. The summed E-state index contributed by atoms with van der Waals surface area (Å²) in [5, 5.41) is 14.7. The number of rotatable bonds is 4. The van der Waals surface area contributed by atoms with Gasteiger partial charge in [0.25, 0.3) is 0 Å². The van der Waals surface area contributed by atoms with E-state index in [2.05, 4.69) is 21.7 Å². The van der Waals surface area contributed by atoms with Crippen LogP contribution < -0.4 is 22.3 Å². The number of aliphatic carboxylic acids is 1. The molecule has 0 saturated heterocycles. The fourth-order valence-electron chi connectivity index (χ4n) is 0.404. The first kappa shape index (κ1) is 12.3. The van der Waals surface area contributed by atoms with Crippen molar-refractivity contribution >= 4 is 30.0 Å². The van der Waals surface area contributed by atoms with Crippen LogP contribution in [-0.4, -0.2) is 35.1 Å². The van der Waals surface area contributed by atoms with Gasteiger partial charge in [0, 0.05) is 0 Å². The van der Waals surface area contributed by atoms with Gasteiger partial charge in [-0.3, -0.25) is 0 Å². The molecular formula is C5H8N6O4. The third-order valence-corrected chi connectivity index (χ3v) is 0.867. The third kappa shape index (κ3) is 6.51. The van der Waals surface area contributed by atoms with Gasteiger partial charge in [0.1, 0.15) is 0 Å². The van der Waals surface area contributed by atoms with Crippen LogP contribution >= 0.6 is 0 Å². The van der Waals surface area contributed by atoms with E-state index in [1.807, 2.05) is 0 Å². The largest absolute Gasteiger partial charge is 0.476 e. The number of amides is 4. The average molecular weight is 216 g/mol. The van der Waals surface area contributed by atoms with Crippen molar-refractivity contribution in [1.82, 2.24) is 10.9 Å². The van der Waals surface area contributed by atoms with Crippen LogP contribution in [0.15, 0.2) is 10.2 Å². The minimum absolute atomic E-state index is 0.637. The summed E-state index contributed by atoms with van der Waals surface area (Å²) in [5.74, 6) is -1.47. The lowest BCUT2D eigenvalue weighted by Gasteiger charge is -1.95. The molecule has 0 atom stereocenters. The van der Waals surface area contributed by atoms with Gasteiger partial charge in [-0.1, -0.05) is 0 Å². The molecular weight excluding hydrogens is 208 g/mol. The molecule has 0 aliphatic rings. The van der Waals surface area contributed by atoms with E-state index in [1.54, 1.807) is 10.9 Å². The molecule has 0 spiro atoms. The molecule has 82 valence electrons. The summed E-state index contributed by atoms with van der Waals surface area (Å²) in [5.41, 5.74) is 12.0. The van der Waals surface area contributed by atoms with Crippen molar-refractivity contribution in [3.05, 3.63) is 0 Å². The number of carboxylic acid groups (broad SMARTS) is 1. The number of nitrogens with two attached hydrogens (primary N) is 2. The predicted octanol–water partition coefficient (Wildman–Crippen LogP) is -2.25. The highest BCUT2D eigenvalue weighted by atomic mass is 16.4. The van der Waals surface area contributed by atoms with Crippen LogP contribution in [0.2, 0.25) is 0 Å². The van der Waals surface area contributed by atoms with Crippen molar-refractivity contribution in [2.75, 3.05) is 0 Å². The maximum atomic E-state index is 10.4. The number of carbonyl (C=O) groups is 3. The first-order valence-corrected chi connectivity index (χ1v) is 3.38. The van der Waals surface area contributed by atoms with Gasteiger partial charge < -0.3 is 16.6 Å². The molecule has 0 bridgehead atoms. The highest BCUT2D eigenvalue weighted by Gasteiger charge is 2.06. The van der Waals surface area contributed by atoms with Crippen LogP contribution in [0, 0.1) is 0 Å². The predicted molar refractivity (Wildman–Crippen MR) is 49.0 cm³/mol. The molecule has 0 unspecified atom stereocenters. The summed E-state index contributed by atoms with van der Waals surface area (Å²) in [7, 11) is 0. The molecule has 4 amide bonds. The lowest BCUT2D eigenvalue weighted by Crippen LogP contribution is -2.29. The average Bonchev–Trinajstić information content (AvgIpc) is 2.09. The first-order chi connectivity index (χ1) is 6.93. The Hall–Kier alpha value is -2.65. The Morgan fingerprint density at radius 1 is 1.13 bits per heavy atom. The zero-order valence-corrected chi connectivity index (χ0v) is 7.30. The van der Waals surface area contributed by atoms with Crippen molar-refractivity contribution in [2.24, 2.45) is 21.7 Å². The van der Waals surface area contributed by atoms with Gasteiger partial charge in [-0.25, -0.2) is 25.2 Å². The van der Waals surface area contributed by atoms with E-state index in [4.69, 9.17) is 5.11 Å². The van der Waals surface area contributed by atoms with Crippen LogP contribution in [0.5, 0.6) is 0 Å². The lowest BCUT2D eigenvalue weighted by atomic mass is 10.4. The number of primary amides is 2. The number of hydrogen-bond donors (Lipinski definition) is 5. The molecule has 0 fully saturated rings. The highest BCUT2D eigenvalue weighted by Crippen LogP contribution is 1.74. The van der Waals surface area contributed by atoms with Gasteiger partial charge in [-0.2, -0.15) is 10.2 Å². The molecule has 0 aliphatic carbocycles. The first-order valence-electron chi connectivity index (χ1n) is 3.38. The maximum Gasteiger partial charge on any atom is 0.358 e. The normalized spacial score (nSPS) is 11.1. The minimum atomic E-state index is -1.47. The van der Waals surface area contributed by atoms with E-state index in [-0.39, 0.29) is 0 Å². The van der Waals surface area contributed by atoms with Gasteiger partial charge >= 0.3 is 18.0 Å². The van der Waals surface area contributed by atoms with Crippen molar-refractivity contribution in [3.63, 3.8) is 0 Å². The molecule has 0 radical (unpaired) electrons. The second-order valence-electron chi connectivity index (χ2n) is 2.01. The van der Waals surface area contributed by atoms with Gasteiger partial charge in [-0.05, 0) is 0 Å². The summed E-state index contributed by atoms with van der Waals surface area (Å²) >= 11 is 0. The van der Waals surface area contributed by atoms with Crippen LogP contribution in [-0.2, 0) is 4.79 Å². The van der Waals surface area contributed by atoms with Gasteiger partial charge in [0.2, 0.25) is 0 Å². The summed E-state index contributed by atoms with van der Waals surface area (Å²) in [6.07, 6.45) is 0.670. The molecule has 0 rings (SSSR count). The number of nitrogens with one attached hydrogen (secondary N) is 2. The molecule has 0 heterocycles. The minimum Gasteiger partial charge on any atom is -0.476 e. The van der Waals surface area contributed by atoms with Crippen molar-refractivity contribution in [3.8, 4) is 0 Å². The molecule has 0 saturated carbocycles. The molecule has 7 N–H and O–H groups in total. The Morgan fingerprint density at radius 3 is 2.07 bits per heavy atom. The summed E-state index contributed by atoms with van der Waals surface area (Å²) in [4.78, 5) is 30.8. The highest BCUT2D eigenvalue weighted by molar-refractivity contribution is 6.58. The van der Waals surface area contributed by atoms with E-state index < -0.39 is 23.7 Å².